The zero-order valence-electron chi connectivity index (χ0n) is 33.6. The lowest BCUT2D eigenvalue weighted by atomic mass is 9.84. The van der Waals surface area contributed by atoms with Crippen molar-refractivity contribution < 1.29 is 38.2 Å². The van der Waals surface area contributed by atoms with Crippen LogP contribution in [0.15, 0.2) is 84.3 Å². The van der Waals surface area contributed by atoms with Crippen molar-refractivity contribution in [3.63, 3.8) is 0 Å². The van der Waals surface area contributed by atoms with E-state index in [1.807, 2.05) is 48.6 Å². The molecule has 8 heteroatoms. The summed E-state index contributed by atoms with van der Waals surface area (Å²) in [4.78, 5) is 28.0. The van der Waals surface area contributed by atoms with E-state index in [-0.39, 0.29) is 0 Å². The van der Waals surface area contributed by atoms with Crippen LogP contribution >= 0.6 is 0 Å². The van der Waals surface area contributed by atoms with E-state index in [1.54, 1.807) is 14.2 Å². The van der Waals surface area contributed by atoms with E-state index in [9.17, 15) is 19.8 Å². The van der Waals surface area contributed by atoms with Crippen molar-refractivity contribution in [3.8, 4) is 0 Å². The molecule has 0 aliphatic heterocycles. The van der Waals surface area contributed by atoms with E-state index in [4.69, 9.17) is 9.47 Å². The van der Waals surface area contributed by atoms with Crippen LogP contribution in [0, 0.1) is 0 Å². The molecule has 2 atom stereocenters. The van der Waals surface area contributed by atoms with Gasteiger partial charge in [-0.05, 0) is 90.4 Å². The van der Waals surface area contributed by atoms with Crippen molar-refractivity contribution in [2.24, 2.45) is 0 Å². The molecule has 2 N–H and O–H groups in total. The zero-order valence-corrected chi connectivity index (χ0v) is 33.6. The molecule has 55 heavy (non-hydrogen) atoms. The largest absolute Gasteiger partial charge is 0.501 e. The third-order valence-electron chi connectivity index (χ3n) is 10.7. The fourth-order valence-corrected chi connectivity index (χ4v) is 7.79. The van der Waals surface area contributed by atoms with Crippen LogP contribution in [0.2, 0.25) is 0 Å². The fourth-order valence-electron chi connectivity index (χ4n) is 7.79. The number of ether oxygens (including phenoxy) is 2. The van der Waals surface area contributed by atoms with Gasteiger partial charge < -0.3 is 28.7 Å². The van der Waals surface area contributed by atoms with Crippen LogP contribution in [0.4, 0.5) is 0 Å². The average molecular weight is 745 g/mol. The number of carbonyl (C=O) groups excluding carboxylic acids is 2. The molecule has 6 rings (SSSR count). The second kappa shape index (κ2) is 16.1. The third kappa shape index (κ3) is 9.17. The molecule has 0 saturated carbocycles. The highest BCUT2D eigenvalue weighted by Crippen LogP contribution is 2.39. The first kappa shape index (κ1) is 39.8. The summed E-state index contributed by atoms with van der Waals surface area (Å²) in [7, 11) is 15.7. The van der Waals surface area contributed by atoms with Crippen molar-refractivity contribution >= 4 is 56.4 Å². The van der Waals surface area contributed by atoms with Gasteiger partial charge in [0.15, 0.2) is 11.6 Å². The maximum Gasteiger partial charge on any atom is 0.163 e. The maximum atomic E-state index is 14.0. The van der Waals surface area contributed by atoms with Crippen molar-refractivity contribution in [2.45, 2.75) is 44.3 Å². The molecule has 0 saturated heterocycles. The highest BCUT2D eigenvalue weighted by atomic mass is 16.5. The van der Waals surface area contributed by atoms with Gasteiger partial charge in [-0.3, -0.25) is 9.59 Å². The molecule has 2 aliphatic rings. The first-order chi connectivity index (χ1) is 26.0. The first-order valence-electron chi connectivity index (χ1n) is 19.1. The summed E-state index contributed by atoms with van der Waals surface area (Å²) in [6.45, 7) is 1.34. The van der Waals surface area contributed by atoms with Crippen LogP contribution in [0.5, 0.6) is 0 Å². The quantitative estimate of drug-likeness (QED) is 0.0731. The molecule has 0 radical (unpaired) electrons. The summed E-state index contributed by atoms with van der Waals surface area (Å²) in [5.41, 5.74) is 6.44. The predicted molar refractivity (Wildman–Crippen MR) is 223 cm³/mol. The molecule has 0 amide bonds. The molecule has 0 spiro atoms. The third-order valence-corrected chi connectivity index (χ3v) is 10.7. The standard InChI is InChI=1S/C47H56N2O6/c1-48(2,3)21-19-44(52)40(38-17-15-30-11-9-13-32-23-36(54-7)28-42(38)46(30)32)26-34(50)25-35(51)27-41(45(53)20-22-49(4,5)6)39-18-16-31-12-10-14-33-24-37(55-8)29-43(39)47(31)33/h9-18,26-29,44-45,52-53H,19-25H2,1-8H3/q+2/b40-26+,41-27+. The molecule has 0 heterocycles. The van der Waals surface area contributed by atoms with Crippen LogP contribution in [-0.4, -0.2) is 113 Å². The van der Waals surface area contributed by atoms with E-state index in [1.165, 1.54) is 12.2 Å². The number of benzene rings is 4. The molecule has 2 unspecified atom stereocenters. The smallest absolute Gasteiger partial charge is 0.163 e. The van der Waals surface area contributed by atoms with Crippen LogP contribution in [0.3, 0.4) is 0 Å². The van der Waals surface area contributed by atoms with Gasteiger partial charge in [0, 0.05) is 25.7 Å². The minimum absolute atomic E-state index is 0.419. The highest BCUT2D eigenvalue weighted by molar-refractivity contribution is 6.14. The molecular formula is C47H56N2O6+2. The van der Waals surface area contributed by atoms with Gasteiger partial charge in [0.1, 0.15) is 11.5 Å². The van der Waals surface area contributed by atoms with Crippen LogP contribution in [-0.2, 0) is 31.9 Å². The van der Waals surface area contributed by atoms with Gasteiger partial charge in [-0.15, -0.1) is 0 Å². The van der Waals surface area contributed by atoms with Crippen LogP contribution in [0.25, 0.3) is 44.8 Å². The number of hydrogen-bond acceptors (Lipinski definition) is 6. The zero-order chi connectivity index (χ0) is 39.7. The Hall–Kier alpha value is -4.86. The Balaban J connectivity index is 1.41. The van der Waals surface area contributed by atoms with Gasteiger partial charge in [-0.25, -0.2) is 0 Å². The number of nitrogens with zero attached hydrogens (tertiary/aromatic N) is 2. The van der Waals surface area contributed by atoms with Crippen molar-refractivity contribution in [3.05, 3.63) is 118 Å². The van der Waals surface area contributed by atoms with Gasteiger partial charge in [0.2, 0.25) is 0 Å². The predicted octanol–water partition coefficient (Wildman–Crippen LogP) is 6.99. The van der Waals surface area contributed by atoms with Gasteiger partial charge in [-0.2, -0.15) is 0 Å². The summed E-state index contributed by atoms with van der Waals surface area (Å²) in [5, 5.41) is 27.8. The summed E-state index contributed by atoms with van der Waals surface area (Å²) < 4.78 is 12.7. The Morgan fingerprint density at radius 1 is 0.636 bits per heavy atom. The molecular weight excluding hydrogens is 689 g/mol. The van der Waals surface area contributed by atoms with E-state index >= 15 is 0 Å². The first-order valence-corrected chi connectivity index (χ1v) is 19.1. The molecule has 2 aliphatic carbocycles. The topological polar surface area (TPSA) is 93.1 Å². The van der Waals surface area contributed by atoms with Gasteiger partial charge in [-0.1, -0.05) is 60.7 Å². The fraction of sp³-hybridized carbons (Fsp3) is 0.362. The number of aliphatic hydroxyl groups is 2. The van der Waals surface area contributed by atoms with E-state index in [0.717, 1.165) is 66.4 Å². The Labute approximate surface area is 325 Å². The molecule has 4 aromatic carbocycles. The number of methoxy groups -OCH3 is 2. The summed E-state index contributed by atoms with van der Waals surface area (Å²) >= 11 is 0. The molecule has 8 nitrogen and oxygen atoms in total. The Morgan fingerprint density at radius 3 is 1.40 bits per heavy atom. The lowest BCUT2D eigenvalue weighted by Gasteiger charge is -2.27. The van der Waals surface area contributed by atoms with Crippen LogP contribution in [0.1, 0.15) is 52.6 Å². The number of rotatable bonds is 16. The average Bonchev–Trinajstić information content (AvgIpc) is 3.14. The molecule has 0 fully saturated rings. The van der Waals surface area contributed by atoms with Crippen molar-refractivity contribution in [1.82, 2.24) is 0 Å². The van der Waals surface area contributed by atoms with Gasteiger partial charge in [0.25, 0.3) is 0 Å². The van der Waals surface area contributed by atoms with Crippen molar-refractivity contribution in [1.29, 1.82) is 0 Å². The lowest BCUT2D eigenvalue weighted by molar-refractivity contribution is -0.870. The van der Waals surface area contributed by atoms with Crippen LogP contribution < -0.4 is 0 Å². The number of allylic oxidation sites excluding steroid dienone is 4. The summed E-state index contributed by atoms with van der Waals surface area (Å²) in [6.07, 6.45) is 6.72. The SMILES string of the molecule is COC1=Cc2c(/C(=C\C(=O)CC(=O)/C=C(\c3ccc4cccc5c4c3C=C(OC)C5)C(O)CC[N+](C)(C)C)C(O)CC[N+](C)(C)C)ccc3cccc(c23)C1. The van der Waals surface area contributed by atoms with E-state index in [0.29, 0.717) is 58.9 Å². The second-order valence-corrected chi connectivity index (χ2v) is 17.0. The number of hydrogen-bond donors (Lipinski definition) is 2. The monoisotopic (exact) mass is 744 g/mol. The highest BCUT2D eigenvalue weighted by Gasteiger charge is 2.27. The molecule has 0 bridgehead atoms. The molecule has 288 valence electrons. The van der Waals surface area contributed by atoms with Crippen molar-refractivity contribution in [2.75, 3.05) is 69.6 Å². The second-order valence-electron chi connectivity index (χ2n) is 17.0. The molecule has 4 aromatic rings. The number of carbonyl (C=O) groups is 2. The maximum absolute atomic E-state index is 14.0. The van der Waals surface area contributed by atoms with E-state index in [2.05, 4.69) is 66.6 Å². The molecule has 0 aromatic heterocycles. The Bertz CT molecular complexity index is 2100. The summed E-state index contributed by atoms with van der Waals surface area (Å²) in [5.74, 6) is 0.749. The normalized spacial score (nSPS) is 15.7. The Morgan fingerprint density at radius 2 is 1.04 bits per heavy atom. The number of quaternary nitrogens is 2. The van der Waals surface area contributed by atoms with Gasteiger partial charge >= 0.3 is 0 Å². The van der Waals surface area contributed by atoms with Gasteiger partial charge in [0.05, 0.1) is 88.2 Å². The summed E-state index contributed by atoms with van der Waals surface area (Å²) in [6, 6.07) is 20.3. The lowest BCUT2D eigenvalue weighted by Crippen LogP contribution is -2.37. The van der Waals surface area contributed by atoms with E-state index < -0.39 is 30.2 Å². The number of ketones is 2. The Kier molecular flexibility index (Phi) is 11.6. The minimum Gasteiger partial charge on any atom is -0.501 e. The minimum atomic E-state index is -0.955. The number of aliphatic hydroxyl groups excluding tert-OH is 2.